The predicted molar refractivity (Wildman–Crippen MR) is 118 cm³/mol. The first-order valence-corrected chi connectivity index (χ1v) is 9.94. The topological polar surface area (TPSA) is 50.2 Å². The van der Waals surface area contributed by atoms with Crippen molar-refractivity contribution in [2.75, 3.05) is 27.2 Å². The molecule has 0 bridgehead atoms. The number of rotatable bonds is 6. The quantitative estimate of drug-likeness (QED) is 0.704. The molecule has 0 radical (unpaired) electrons. The van der Waals surface area contributed by atoms with Crippen molar-refractivity contribution >= 4 is 10.9 Å². The van der Waals surface area contributed by atoms with Gasteiger partial charge in [-0.3, -0.25) is 9.36 Å². The van der Waals surface area contributed by atoms with Crippen LogP contribution in [0.2, 0.25) is 0 Å². The molecule has 3 aromatic rings. The molecule has 0 fully saturated rings. The van der Waals surface area contributed by atoms with Gasteiger partial charge in [0.05, 0.1) is 22.6 Å². The Morgan fingerprint density at radius 1 is 1.07 bits per heavy atom. The second-order valence-electron chi connectivity index (χ2n) is 6.94. The van der Waals surface area contributed by atoms with E-state index in [0.29, 0.717) is 5.39 Å². The highest BCUT2D eigenvalue weighted by molar-refractivity contribution is 5.77. The average molecular weight is 381 g/mol. The first kappa shape index (κ1) is 21.8. The lowest BCUT2D eigenvalue weighted by atomic mass is 10.2. The Balaban J connectivity index is 0.00000136. The highest BCUT2D eigenvalue weighted by Gasteiger charge is 2.17. The van der Waals surface area contributed by atoms with Crippen LogP contribution in [0.3, 0.4) is 0 Å². The van der Waals surface area contributed by atoms with Crippen LogP contribution in [0.25, 0.3) is 16.6 Å². The molecule has 28 heavy (non-hydrogen) atoms. The molecule has 1 aromatic heterocycles. The molecule has 0 spiro atoms. The zero-order chi connectivity index (χ0) is 20.7. The van der Waals surface area contributed by atoms with Crippen molar-refractivity contribution < 1.29 is 0 Å². The molecule has 150 valence electrons. The highest BCUT2D eigenvalue weighted by Crippen LogP contribution is 2.18. The largest absolute Gasteiger partial charge is 0.308 e. The second kappa shape index (κ2) is 10.2. The van der Waals surface area contributed by atoms with Crippen LogP contribution in [-0.2, 0) is 0 Å². The smallest absolute Gasteiger partial charge is 0.266 e. The Hall–Kier alpha value is -2.50. The third-order valence-electron chi connectivity index (χ3n) is 4.49. The fourth-order valence-corrected chi connectivity index (χ4v) is 2.98. The number of nitrogens with zero attached hydrogens (tertiary/aromatic N) is 3. The molecule has 0 saturated carbocycles. The van der Waals surface area contributed by atoms with Crippen molar-refractivity contribution in [3.05, 3.63) is 70.3 Å². The van der Waals surface area contributed by atoms with E-state index in [1.165, 1.54) is 0 Å². The minimum atomic E-state index is -0.0476. The SMILES string of the molecule is CC.Cc1ccc(-n2c(C(C)NCCN(C)C)nc3ccccc3c2=O)cc1. The van der Waals surface area contributed by atoms with E-state index >= 15 is 0 Å². The van der Waals surface area contributed by atoms with Gasteiger partial charge in [0, 0.05) is 13.1 Å². The fraction of sp³-hybridized carbons (Fsp3) is 0.391. The molecule has 0 aliphatic carbocycles. The van der Waals surface area contributed by atoms with E-state index in [1.807, 2.05) is 83.4 Å². The molecule has 1 N–H and O–H groups in total. The maximum absolute atomic E-state index is 13.2. The van der Waals surface area contributed by atoms with Crippen LogP contribution in [0, 0.1) is 6.92 Å². The fourth-order valence-electron chi connectivity index (χ4n) is 2.98. The summed E-state index contributed by atoms with van der Waals surface area (Å²) in [7, 11) is 4.09. The molecule has 1 unspecified atom stereocenters. The van der Waals surface area contributed by atoms with Crippen molar-refractivity contribution in [3.8, 4) is 5.69 Å². The maximum Gasteiger partial charge on any atom is 0.266 e. The van der Waals surface area contributed by atoms with E-state index in [0.717, 1.165) is 35.7 Å². The van der Waals surface area contributed by atoms with Crippen LogP contribution < -0.4 is 10.9 Å². The third-order valence-corrected chi connectivity index (χ3v) is 4.49. The molecule has 0 amide bonds. The lowest BCUT2D eigenvalue weighted by Gasteiger charge is -2.20. The molecule has 3 rings (SSSR count). The number of hydrogen-bond acceptors (Lipinski definition) is 4. The summed E-state index contributed by atoms with van der Waals surface area (Å²) < 4.78 is 1.73. The van der Waals surface area contributed by atoms with Gasteiger partial charge in [0.15, 0.2) is 0 Å². The highest BCUT2D eigenvalue weighted by atomic mass is 16.1. The number of benzene rings is 2. The number of aryl methyl sites for hydroxylation is 1. The molecule has 5 nitrogen and oxygen atoms in total. The molecule has 0 saturated heterocycles. The Labute approximate surface area is 168 Å². The number of hydrogen-bond donors (Lipinski definition) is 1. The van der Waals surface area contributed by atoms with Gasteiger partial charge in [0.2, 0.25) is 0 Å². The summed E-state index contributed by atoms with van der Waals surface area (Å²) in [5.41, 5.74) is 2.71. The average Bonchev–Trinajstić information content (AvgIpc) is 2.70. The molecular formula is C23H32N4O. The number of aromatic nitrogens is 2. The minimum Gasteiger partial charge on any atom is -0.308 e. The molecule has 0 aliphatic heterocycles. The lowest BCUT2D eigenvalue weighted by molar-refractivity contribution is 0.385. The van der Waals surface area contributed by atoms with Crippen molar-refractivity contribution in [1.29, 1.82) is 0 Å². The van der Waals surface area contributed by atoms with Gasteiger partial charge in [-0.15, -0.1) is 0 Å². The Bertz CT molecular complexity index is 945. The Morgan fingerprint density at radius 3 is 2.36 bits per heavy atom. The monoisotopic (exact) mass is 380 g/mol. The maximum atomic E-state index is 13.2. The van der Waals surface area contributed by atoms with E-state index in [9.17, 15) is 4.79 Å². The standard InChI is InChI=1S/C21H26N4O.C2H6/c1-15-9-11-17(12-10-15)25-20(16(2)22-13-14-24(3)4)23-19-8-6-5-7-18(19)21(25)26;1-2/h5-12,16,22H,13-14H2,1-4H3;1-2H3. The number of likely N-dealkylation sites (N-methyl/N-ethyl adjacent to an activating group) is 1. The zero-order valence-corrected chi connectivity index (χ0v) is 17.9. The summed E-state index contributed by atoms with van der Waals surface area (Å²) in [4.78, 5) is 20.2. The molecular weight excluding hydrogens is 348 g/mol. The van der Waals surface area contributed by atoms with Crippen molar-refractivity contribution in [1.82, 2.24) is 19.8 Å². The van der Waals surface area contributed by atoms with Gasteiger partial charge in [-0.25, -0.2) is 4.98 Å². The van der Waals surface area contributed by atoms with Crippen LogP contribution in [-0.4, -0.2) is 41.6 Å². The summed E-state index contributed by atoms with van der Waals surface area (Å²) in [6, 6.07) is 15.5. The van der Waals surface area contributed by atoms with Gasteiger partial charge in [-0.1, -0.05) is 43.7 Å². The summed E-state index contributed by atoms with van der Waals surface area (Å²) in [5, 5.41) is 4.12. The molecule has 1 heterocycles. The minimum absolute atomic E-state index is 0.0317. The predicted octanol–water partition coefficient (Wildman–Crippen LogP) is 3.93. The van der Waals surface area contributed by atoms with Crippen LogP contribution in [0.1, 0.15) is 38.2 Å². The normalized spacial score (nSPS) is 12.0. The first-order valence-electron chi connectivity index (χ1n) is 9.94. The summed E-state index contributed by atoms with van der Waals surface area (Å²) in [6.45, 7) is 9.84. The van der Waals surface area contributed by atoms with Crippen LogP contribution in [0.5, 0.6) is 0 Å². The second-order valence-corrected chi connectivity index (χ2v) is 6.94. The van der Waals surface area contributed by atoms with Gasteiger partial charge in [0.1, 0.15) is 5.82 Å². The van der Waals surface area contributed by atoms with Gasteiger partial charge in [-0.2, -0.15) is 0 Å². The van der Waals surface area contributed by atoms with Gasteiger partial charge < -0.3 is 10.2 Å². The van der Waals surface area contributed by atoms with Gasteiger partial charge in [0.25, 0.3) is 5.56 Å². The van der Waals surface area contributed by atoms with Crippen LogP contribution in [0.4, 0.5) is 0 Å². The van der Waals surface area contributed by atoms with E-state index < -0.39 is 0 Å². The van der Waals surface area contributed by atoms with Crippen LogP contribution >= 0.6 is 0 Å². The first-order chi connectivity index (χ1) is 13.5. The third kappa shape index (κ3) is 5.06. The van der Waals surface area contributed by atoms with Crippen LogP contribution in [0.15, 0.2) is 53.3 Å². The number of para-hydroxylation sites is 1. The molecule has 5 heteroatoms. The number of nitrogens with one attached hydrogen (secondary N) is 1. The Morgan fingerprint density at radius 2 is 1.71 bits per heavy atom. The zero-order valence-electron chi connectivity index (χ0n) is 17.9. The molecule has 0 aliphatic rings. The summed E-state index contributed by atoms with van der Waals surface area (Å²) in [6.07, 6.45) is 0. The number of fused-ring (bicyclic) bond motifs is 1. The van der Waals surface area contributed by atoms with Crippen molar-refractivity contribution in [2.45, 2.75) is 33.7 Å². The van der Waals surface area contributed by atoms with E-state index in [1.54, 1.807) is 4.57 Å². The van der Waals surface area contributed by atoms with E-state index in [4.69, 9.17) is 4.98 Å². The van der Waals surface area contributed by atoms with Crippen molar-refractivity contribution in [3.63, 3.8) is 0 Å². The summed E-state index contributed by atoms with van der Waals surface area (Å²) >= 11 is 0. The van der Waals surface area contributed by atoms with Crippen molar-refractivity contribution in [2.24, 2.45) is 0 Å². The molecule has 1 atom stereocenters. The summed E-state index contributed by atoms with van der Waals surface area (Å²) in [5.74, 6) is 0.733. The van der Waals surface area contributed by atoms with E-state index in [-0.39, 0.29) is 11.6 Å². The Kier molecular flexibility index (Phi) is 7.91. The van der Waals surface area contributed by atoms with Gasteiger partial charge >= 0.3 is 0 Å². The van der Waals surface area contributed by atoms with E-state index in [2.05, 4.69) is 17.1 Å². The molecule has 2 aromatic carbocycles. The van der Waals surface area contributed by atoms with Gasteiger partial charge in [-0.05, 0) is 52.2 Å². The lowest BCUT2D eigenvalue weighted by Crippen LogP contribution is -2.33.